The predicted molar refractivity (Wildman–Crippen MR) is 101 cm³/mol. The molecule has 0 aliphatic heterocycles. The molecule has 1 aromatic carbocycles. The molecule has 0 unspecified atom stereocenters. The Bertz CT molecular complexity index is 993. The van der Waals surface area contributed by atoms with Crippen LogP contribution in [0, 0.1) is 11.3 Å². The minimum atomic E-state index is 0.0985. The molecule has 2 aromatic heterocycles. The number of anilines is 2. The second-order valence-electron chi connectivity index (χ2n) is 6.56. The zero-order valence-corrected chi connectivity index (χ0v) is 14.7. The van der Waals surface area contributed by atoms with Crippen LogP contribution in [0.5, 0.6) is 5.75 Å². The summed E-state index contributed by atoms with van der Waals surface area (Å²) in [4.78, 5) is 17.0. The fourth-order valence-corrected chi connectivity index (χ4v) is 3.33. The lowest BCUT2D eigenvalue weighted by Gasteiger charge is -2.29. The number of nitrogens with zero attached hydrogens (tertiary/aromatic N) is 5. The fourth-order valence-electron chi connectivity index (χ4n) is 3.33. The van der Waals surface area contributed by atoms with Crippen LogP contribution in [0.15, 0.2) is 36.8 Å². The quantitative estimate of drug-likeness (QED) is 0.680. The van der Waals surface area contributed by atoms with Crippen molar-refractivity contribution in [3.05, 3.63) is 42.5 Å². The summed E-state index contributed by atoms with van der Waals surface area (Å²) in [5, 5.41) is 12.2. The van der Waals surface area contributed by atoms with Crippen LogP contribution >= 0.6 is 0 Å². The third kappa shape index (κ3) is 3.87. The second-order valence-corrected chi connectivity index (χ2v) is 6.56. The van der Waals surface area contributed by atoms with Crippen molar-refractivity contribution in [3.63, 3.8) is 0 Å². The first kappa shape index (κ1) is 17.0. The van der Waals surface area contributed by atoms with Gasteiger partial charge < -0.3 is 15.8 Å². The maximum atomic E-state index is 8.93. The van der Waals surface area contributed by atoms with Gasteiger partial charge in [0.05, 0.1) is 11.6 Å². The number of nitrogen functional groups attached to an aromatic ring is 1. The number of hydrogen-bond donors (Lipinski definition) is 2. The molecular formula is C19H19N7O. The lowest BCUT2D eigenvalue weighted by Crippen LogP contribution is -2.31. The van der Waals surface area contributed by atoms with Crippen molar-refractivity contribution in [3.8, 4) is 11.8 Å². The SMILES string of the molecule is N#Cc1ccnc(NC2CCC(Oc3cc(N)cc4nccnc34)CC2)n1. The van der Waals surface area contributed by atoms with Gasteiger partial charge in [0.15, 0.2) is 0 Å². The van der Waals surface area contributed by atoms with E-state index >= 15 is 0 Å². The van der Waals surface area contributed by atoms with E-state index in [1.165, 1.54) is 0 Å². The lowest BCUT2D eigenvalue weighted by atomic mass is 9.93. The molecule has 1 fully saturated rings. The number of ether oxygens (including phenoxy) is 1. The Balaban J connectivity index is 1.39. The van der Waals surface area contributed by atoms with Crippen LogP contribution < -0.4 is 15.8 Å². The zero-order valence-electron chi connectivity index (χ0n) is 14.7. The summed E-state index contributed by atoms with van der Waals surface area (Å²) in [5.41, 5.74) is 8.40. The summed E-state index contributed by atoms with van der Waals surface area (Å²) in [5.74, 6) is 1.18. The van der Waals surface area contributed by atoms with Crippen LogP contribution in [-0.2, 0) is 0 Å². The Labute approximate surface area is 156 Å². The van der Waals surface area contributed by atoms with E-state index in [-0.39, 0.29) is 12.1 Å². The molecule has 0 atom stereocenters. The van der Waals surface area contributed by atoms with Gasteiger partial charge in [-0.05, 0) is 37.8 Å². The van der Waals surface area contributed by atoms with Gasteiger partial charge >= 0.3 is 0 Å². The predicted octanol–water partition coefficient (Wildman–Crippen LogP) is 2.68. The topological polar surface area (TPSA) is 123 Å². The Kier molecular flexibility index (Phi) is 4.66. The van der Waals surface area contributed by atoms with E-state index in [4.69, 9.17) is 15.7 Å². The average molecular weight is 361 g/mol. The van der Waals surface area contributed by atoms with Crippen molar-refractivity contribution in [1.29, 1.82) is 5.26 Å². The molecule has 2 heterocycles. The largest absolute Gasteiger partial charge is 0.488 e. The number of aromatic nitrogens is 4. The van der Waals surface area contributed by atoms with Crippen LogP contribution in [0.2, 0.25) is 0 Å². The summed E-state index contributed by atoms with van der Waals surface area (Å²) in [6, 6.07) is 7.48. The molecule has 3 N–H and O–H groups in total. The molecule has 8 nitrogen and oxygen atoms in total. The number of nitriles is 1. The highest BCUT2D eigenvalue weighted by atomic mass is 16.5. The number of benzene rings is 1. The van der Waals surface area contributed by atoms with E-state index in [0.29, 0.717) is 23.1 Å². The summed E-state index contributed by atoms with van der Waals surface area (Å²) in [7, 11) is 0. The molecule has 1 saturated carbocycles. The molecule has 8 heteroatoms. The van der Waals surface area contributed by atoms with E-state index in [1.54, 1.807) is 30.7 Å². The van der Waals surface area contributed by atoms with E-state index in [1.807, 2.05) is 12.1 Å². The summed E-state index contributed by atoms with van der Waals surface area (Å²) >= 11 is 0. The minimum Gasteiger partial charge on any atom is -0.488 e. The Morgan fingerprint density at radius 3 is 2.70 bits per heavy atom. The van der Waals surface area contributed by atoms with Gasteiger partial charge in [-0.1, -0.05) is 0 Å². The standard InChI is InChI=1S/C19H19N7O/c20-11-14-5-6-24-19(26-14)25-13-1-3-15(4-2-13)27-17-10-12(21)9-16-18(17)23-8-7-22-16/h5-10,13,15H,1-4,21H2,(H,24,25,26). The highest BCUT2D eigenvalue weighted by Crippen LogP contribution is 2.30. The summed E-state index contributed by atoms with van der Waals surface area (Å²) < 4.78 is 6.20. The van der Waals surface area contributed by atoms with Crippen LogP contribution in [0.3, 0.4) is 0 Å². The lowest BCUT2D eigenvalue weighted by molar-refractivity contribution is 0.152. The molecule has 1 aliphatic carbocycles. The minimum absolute atomic E-state index is 0.0985. The van der Waals surface area contributed by atoms with Crippen molar-refractivity contribution in [2.75, 3.05) is 11.1 Å². The smallest absolute Gasteiger partial charge is 0.224 e. The fraction of sp³-hybridized carbons (Fsp3) is 0.316. The molecular weight excluding hydrogens is 342 g/mol. The van der Waals surface area contributed by atoms with Crippen molar-refractivity contribution in [2.24, 2.45) is 0 Å². The molecule has 27 heavy (non-hydrogen) atoms. The van der Waals surface area contributed by atoms with Crippen molar-refractivity contribution in [1.82, 2.24) is 19.9 Å². The number of hydrogen-bond acceptors (Lipinski definition) is 8. The van der Waals surface area contributed by atoms with Crippen molar-refractivity contribution >= 4 is 22.7 Å². The van der Waals surface area contributed by atoms with Gasteiger partial charge in [0.2, 0.25) is 5.95 Å². The third-order valence-electron chi connectivity index (χ3n) is 4.63. The number of nitrogens with two attached hydrogens (primary N) is 1. The van der Waals surface area contributed by atoms with E-state index in [2.05, 4.69) is 25.3 Å². The number of rotatable bonds is 4. The number of nitrogens with one attached hydrogen (secondary N) is 1. The van der Waals surface area contributed by atoms with Crippen molar-refractivity contribution in [2.45, 2.75) is 37.8 Å². The second kappa shape index (κ2) is 7.41. The summed E-state index contributed by atoms with van der Waals surface area (Å²) in [6.07, 6.45) is 8.63. The monoisotopic (exact) mass is 361 g/mol. The Hall–Kier alpha value is -3.47. The van der Waals surface area contributed by atoms with Gasteiger partial charge in [-0.25, -0.2) is 15.0 Å². The molecule has 136 valence electrons. The molecule has 0 saturated heterocycles. The van der Waals surface area contributed by atoms with Crippen LogP contribution in [0.1, 0.15) is 31.4 Å². The van der Waals surface area contributed by atoms with Crippen LogP contribution in [0.4, 0.5) is 11.6 Å². The van der Waals surface area contributed by atoms with Gasteiger partial charge in [-0.3, -0.25) is 4.98 Å². The molecule has 3 aromatic rings. The Morgan fingerprint density at radius 2 is 1.89 bits per heavy atom. The van der Waals surface area contributed by atoms with Gasteiger partial charge in [-0.15, -0.1) is 0 Å². The first-order valence-corrected chi connectivity index (χ1v) is 8.88. The highest BCUT2D eigenvalue weighted by Gasteiger charge is 2.24. The Morgan fingerprint density at radius 1 is 1.07 bits per heavy atom. The molecule has 0 bridgehead atoms. The molecule has 1 aliphatic rings. The van der Waals surface area contributed by atoms with Gasteiger partial charge in [0, 0.05) is 36.4 Å². The maximum absolute atomic E-state index is 8.93. The average Bonchev–Trinajstić information content (AvgIpc) is 2.69. The van der Waals surface area contributed by atoms with E-state index in [0.717, 1.165) is 36.7 Å². The van der Waals surface area contributed by atoms with Gasteiger partial charge in [0.25, 0.3) is 0 Å². The van der Waals surface area contributed by atoms with E-state index in [9.17, 15) is 0 Å². The van der Waals surface area contributed by atoms with Crippen LogP contribution in [-0.4, -0.2) is 32.1 Å². The molecule has 0 spiro atoms. The number of fused-ring (bicyclic) bond motifs is 1. The van der Waals surface area contributed by atoms with Gasteiger partial charge in [0.1, 0.15) is 23.0 Å². The molecule has 0 radical (unpaired) electrons. The van der Waals surface area contributed by atoms with Crippen LogP contribution in [0.25, 0.3) is 11.0 Å². The molecule has 0 amide bonds. The first-order valence-electron chi connectivity index (χ1n) is 8.88. The third-order valence-corrected chi connectivity index (χ3v) is 4.63. The molecule has 4 rings (SSSR count). The summed E-state index contributed by atoms with van der Waals surface area (Å²) in [6.45, 7) is 0. The van der Waals surface area contributed by atoms with Crippen molar-refractivity contribution < 1.29 is 4.74 Å². The normalized spacial score (nSPS) is 19.4. The highest BCUT2D eigenvalue weighted by molar-refractivity contribution is 5.84. The van der Waals surface area contributed by atoms with Gasteiger partial charge in [-0.2, -0.15) is 5.26 Å². The van der Waals surface area contributed by atoms with E-state index < -0.39 is 0 Å². The zero-order chi connectivity index (χ0) is 18.6. The first-order chi connectivity index (χ1) is 13.2. The maximum Gasteiger partial charge on any atom is 0.224 e.